The molecule has 0 aliphatic carbocycles. The van der Waals surface area contributed by atoms with Crippen LogP contribution < -0.4 is 9.62 Å². The van der Waals surface area contributed by atoms with Gasteiger partial charge in [0.15, 0.2) is 0 Å². The zero-order chi connectivity index (χ0) is 27.9. The van der Waals surface area contributed by atoms with Crippen LogP contribution in [0.5, 0.6) is 0 Å². The minimum atomic E-state index is -4.11. The molecule has 7 nitrogen and oxygen atoms in total. The van der Waals surface area contributed by atoms with Crippen LogP contribution in [0.4, 0.5) is 5.69 Å². The zero-order valence-electron chi connectivity index (χ0n) is 22.1. The number of sulfonamides is 1. The van der Waals surface area contributed by atoms with Gasteiger partial charge in [0.05, 0.1) is 10.6 Å². The lowest BCUT2D eigenvalue weighted by molar-refractivity contribution is -0.140. The number of amides is 2. The number of rotatable bonds is 11. The molecule has 2 amide bonds. The number of halogens is 1. The number of nitrogens with one attached hydrogen (secondary N) is 1. The Morgan fingerprint density at radius 3 is 2.16 bits per heavy atom. The Bertz CT molecular complexity index is 1360. The summed E-state index contributed by atoms with van der Waals surface area (Å²) in [6.07, 6.45) is 0.370. The van der Waals surface area contributed by atoms with E-state index in [9.17, 15) is 18.0 Å². The highest BCUT2D eigenvalue weighted by Crippen LogP contribution is 2.26. The molecule has 0 saturated carbocycles. The summed E-state index contributed by atoms with van der Waals surface area (Å²) in [6, 6.07) is 19.6. The number of hydrogen-bond acceptors (Lipinski definition) is 4. The standard InChI is InChI=1S/C29H34ClN3O4S/c1-5-27(29(35)31-6-2)32(19-23-9-7-8-22(4)18-23)28(34)20-33(25-14-12-24(30)13-15-25)38(36,37)26-16-10-21(3)11-17-26/h7-18,27H,5-6,19-20H2,1-4H3,(H,31,35). The third-order valence-corrected chi connectivity index (χ3v) is 8.21. The van der Waals surface area contributed by atoms with Crippen LogP contribution in [0.2, 0.25) is 5.02 Å². The van der Waals surface area contributed by atoms with Crippen molar-refractivity contribution >= 4 is 39.1 Å². The summed E-state index contributed by atoms with van der Waals surface area (Å²) < 4.78 is 28.7. The van der Waals surface area contributed by atoms with Crippen molar-refractivity contribution < 1.29 is 18.0 Å². The molecule has 1 N–H and O–H groups in total. The van der Waals surface area contributed by atoms with Crippen LogP contribution in [0.15, 0.2) is 77.7 Å². The van der Waals surface area contributed by atoms with Gasteiger partial charge in [-0.1, -0.05) is 66.0 Å². The number of hydrogen-bond donors (Lipinski definition) is 1. The molecule has 0 heterocycles. The second-order valence-electron chi connectivity index (χ2n) is 9.13. The predicted octanol–water partition coefficient (Wildman–Crippen LogP) is 5.10. The van der Waals surface area contributed by atoms with E-state index in [1.54, 1.807) is 36.4 Å². The van der Waals surface area contributed by atoms with Gasteiger partial charge in [0.25, 0.3) is 10.0 Å². The van der Waals surface area contributed by atoms with E-state index in [1.807, 2.05) is 52.0 Å². The number of nitrogens with zero attached hydrogens (tertiary/aromatic N) is 2. The molecule has 0 saturated heterocycles. The first-order valence-corrected chi connectivity index (χ1v) is 14.4. The zero-order valence-corrected chi connectivity index (χ0v) is 23.7. The number of carbonyl (C=O) groups excluding carboxylic acids is 2. The minimum Gasteiger partial charge on any atom is -0.355 e. The van der Waals surface area contributed by atoms with Crippen molar-refractivity contribution in [2.75, 3.05) is 17.4 Å². The van der Waals surface area contributed by atoms with Crippen molar-refractivity contribution in [3.8, 4) is 0 Å². The van der Waals surface area contributed by atoms with Crippen molar-refractivity contribution in [3.05, 3.63) is 94.5 Å². The molecule has 1 unspecified atom stereocenters. The summed E-state index contributed by atoms with van der Waals surface area (Å²) >= 11 is 6.06. The molecule has 0 aliphatic rings. The quantitative estimate of drug-likeness (QED) is 0.357. The van der Waals surface area contributed by atoms with Crippen molar-refractivity contribution in [1.29, 1.82) is 0 Å². The fraction of sp³-hybridized carbons (Fsp3) is 0.310. The Kier molecular flexibility index (Phi) is 9.94. The van der Waals surface area contributed by atoms with E-state index in [-0.39, 0.29) is 17.3 Å². The molecule has 0 bridgehead atoms. The lowest BCUT2D eigenvalue weighted by Crippen LogP contribution is -2.52. The van der Waals surface area contributed by atoms with Gasteiger partial charge in [-0.3, -0.25) is 13.9 Å². The molecule has 0 aromatic heterocycles. The number of aryl methyl sites for hydroxylation is 2. The Balaban J connectivity index is 2.05. The van der Waals surface area contributed by atoms with Gasteiger partial charge in [-0.05, 0) is 69.2 Å². The first-order chi connectivity index (χ1) is 18.1. The summed E-state index contributed by atoms with van der Waals surface area (Å²) in [5.41, 5.74) is 3.08. The normalized spacial score (nSPS) is 12.0. The smallest absolute Gasteiger partial charge is 0.264 e. The number of carbonyl (C=O) groups is 2. The topological polar surface area (TPSA) is 86.8 Å². The first-order valence-electron chi connectivity index (χ1n) is 12.5. The van der Waals surface area contributed by atoms with E-state index in [2.05, 4.69) is 5.32 Å². The highest BCUT2D eigenvalue weighted by molar-refractivity contribution is 7.92. The van der Waals surface area contributed by atoms with Crippen LogP contribution in [0, 0.1) is 13.8 Å². The molecule has 3 aromatic carbocycles. The fourth-order valence-electron chi connectivity index (χ4n) is 4.19. The van der Waals surface area contributed by atoms with Crippen LogP contribution in [0.25, 0.3) is 0 Å². The molecule has 0 radical (unpaired) electrons. The molecule has 3 rings (SSSR count). The molecule has 0 fully saturated rings. The Morgan fingerprint density at radius 2 is 1.58 bits per heavy atom. The Hall–Kier alpha value is -3.36. The second kappa shape index (κ2) is 12.9. The summed E-state index contributed by atoms with van der Waals surface area (Å²) in [4.78, 5) is 28.4. The highest BCUT2D eigenvalue weighted by atomic mass is 35.5. The average Bonchev–Trinajstić information content (AvgIpc) is 2.88. The number of anilines is 1. The van der Waals surface area contributed by atoms with Gasteiger partial charge in [0.2, 0.25) is 11.8 Å². The van der Waals surface area contributed by atoms with Crippen LogP contribution >= 0.6 is 11.6 Å². The van der Waals surface area contributed by atoms with E-state index in [0.29, 0.717) is 23.7 Å². The van der Waals surface area contributed by atoms with Gasteiger partial charge >= 0.3 is 0 Å². The largest absolute Gasteiger partial charge is 0.355 e. The molecule has 202 valence electrons. The van der Waals surface area contributed by atoms with Gasteiger partial charge in [0, 0.05) is 18.1 Å². The molecular weight excluding hydrogens is 522 g/mol. The molecule has 1 atom stereocenters. The first kappa shape index (κ1) is 29.2. The molecule has 3 aromatic rings. The minimum absolute atomic E-state index is 0.0619. The number of likely N-dealkylation sites (N-methyl/N-ethyl adjacent to an activating group) is 1. The average molecular weight is 556 g/mol. The summed E-state index contributed by atoms with van der Waals surface area (Å²) in [5.74, 6) is -0.773. The molecule has 38 heavy (non-hydrogen) atoms. The summed E-state index contributed by atoms with van der Waals surface area (Å²) in [6.45, 7) is 7.55. The van der Waals surface area contributed by atoms with Gasteiger partial charge in [-0.15, -0.1) is 0 Å². The lowest BCUT2D eigenvalue weighted by Gasteiger charge is -2.33. The highest BCUT2D eigenvalue weighted by Gasteiger charge is 2.33. The maximum atomic E-state index is 13.9. The summed E-state index contributed by atoms with van der Waals surface area (Å²) in [5, 5.41) is 3.24. The fourth-order valence-corrected chi connectivity index (χ4v) is 5.73. The molecule has 0 spiro atoms. The molecule has 9 heteroatoms. The van der Waals surface area contributed by atoms with Crippen LogP contribution in [0.3, 0.4) is 0 Å². The maximum Gasteiger partial charge on any atom is 0.264 e. The van der Waals surface area contributed by atoms with Crippen molar-refractivity contribution in [3.63, 3.8) is 0 Å². The van der Waals surface area contributed by atoms with Crippen molar-refractivity contribution in [1.82, 2.24) is 10.2 Å². The van der Waals surface area contributed by atoms with E-state index in [1.165, 1.54) is 17.0 Å². The van der Waals surface area contributed by atoms with E-state index in [4.69, 9.17) is 11.6 Å². The third kappa shape index (κ3) is 7.14. The third-order valence-electron chi connectivity index (χ3n) is 6.17. The van der Waals surface area contributed by atoms with Crippen LogP contribution in [-0.4, -0.2) is 44.3 Å². The number of benzene rings is 3. The predicted molar refractivity (Wildman–Crippen MR) is 152 cm³/mol. The lowest BCUT2D eigenvalue weighted by atomic mass is 10.1. The van der Waals surface area contributed by atoms with Crippen molar-refractivity contribution in [2.24, 2.45) is 0 Å². The summed E-state index contributed by atoms with van der Waals surface area (Å²) in [7, 11) is -4.11. The monoisotopic (exact) mass is 555 g/mol. The van der Waals surface area contributed by atoms with Gasteiger partial charge < -0.3 is 10.2 Å². The SMILES string of the molecule is CCNC(=O)C(CC)N(Cc1cccc(C)c1)C(=O)CN(c1ccc(Cl)cc1)S(=O)(=O)c1ccc(C)cc1. The van der Waals surface area contributed by atoms with Gasteiger partial charge in [-0.2, -0.15) is 0 Å². The Morgan fingerprint density at radius 1 is 0.921 bits per heavy atom. The van der Waals surface area contributed by atoms with E-state index < -0.39 is 28.5 Å². The van der Waals surface area contributed by atoms with E-state index >= 15 is 0 Å². The Labute approximate surface area is 230 Å². The van der Waals surface area contributed by atoms with Gasteiger partial charge in [-0.25, -0.2) is 8.42 Å². The van der Waals surface area contributed by atoms with Crippen LogP contribution in [-0.2, 0) is 26.2 Å². The second-order valence-corrected chi connectivity index (χ2v) is 11.4. The van der Waals surface area contributed by atoms with Gasteiger partial charge in [0.1, 0.15) is 12.6 Å². The van der Waals surface area contributed by atoms with E-state index in [0.717, 1.165) is 21.0 Å². The molecular formula is C29H34ClN3O4S. The van der Waals surface area contributed by atoms with Crippen molar-refractivity contribution in [2.45, 2.75) is 51.6 Å². The maximum absolute atomic E-state index is 13.9. The van der Waals surface area contributed by atoms with Crippen LogP contribution in [0.1, 0.15) is 37.0 Å². The molecule has 0 aliphatic heterocycles.